The van der Waals surface area contributed by atoms with Gasteiger partial charge in [-0.3, -0.25) is 10.1 Å². The van der Waals surface area contributed by atoms with E-state index >= 15 is 0 Å². The summed E-state index contributed by atoms with van der Waals surface area (Å²) in [6, 6.07) is 5.29. The fraction of sp³-hybridized carbons (Fsp3) is 0.625. The van der Waals surface area contributed by atoms with Crippen LogP contribution in [0.15, 0.2) is 18.2 Å². The van der Waals surface area contributed by atoms with E-state index in [0.717, 1.165) is 31.2 Å². The van der Waals surface area contributed by atoms with Gasteiger partial charge in [-0.25, -0.2) is 0 Å². The number of rotatable bonds is 6. The zero-order valence-electron chi connectivity index (χ0n) is 13.0. The van der Waals surface area contributed by atoms with E-state index in [4.69, 9.17) is 4.74 Å². The van der Waals surface area contributed by atoms with Gasteiger partial charge in [0.1, 0.15) is 0 Å². The predicted octanol–water partition coefficient (Wildman–Crippen LogP) is 2.63. The topological polar surface area (TPSA) is 84.6 Å². The molecule has 0 aliphatic heterocycles. The van der Waals surface area contributed by atoms with Crippen LogP contribution in [0, 0.1) is 16.0 Å². The highest BCUT2D eigenvalue weighted by Crippen LogP contribution is 2.28. The summed E-state index contributed by atoms with van der Waals surface area (Å²) in [5.41, 5.74) is 0.842. The molecule has 2 rings (SSSR count). The highest BCUT2D eigenvalue weighted by molar-refractivity contribution is 5.48. The summed E-state index contributed by atoms with van der Waals surface area (Å²) in [6.07, 6.45) is 5.62. The molecule has 0 bridgehead atoms. The molecule has 1 aliphatic carbocycles. The molecule has 2 N–H and O–H groups in total. The first-order valence-electron chi connectivity index (χ1n) is 7.81. The van der Waals surface area contributed by atoms with E-state index < -0.39 is 4.92 Å². The SMILES string of the molecule is COc1ccc(CNC2CCCCCC2CO)cc1[N+](=O)[O-]. The van der Waals surface area contributed by atoms with Gasteiger partial charge < -0.3 is 15.2 Å². The first-order chi connectivity index (χ1) is 10.7. The van der Waals surface area contributed by atoms with Gasteiger partial charge >= 0.3 is 5.69 Å². The van der Waals surface area contributed by atoms with Gasteiger partial charge in [-0.05, 0) is 30.4 Å². The maximum Gasteiger partial charge on any atom is 0.311 e. The number of ether oxygens (including phenoxy) is 1. The Hall–Kier alpha value is -1.66. The van der Waals surface area contributed by atoms with Crippen LogP contribution in [0.5, 0.6) is 5.75 Å². The fourth-order valence-corrected chi connectivity index (χ4v) is 3.11. The van der Waals surface area contributed by atoms with Crippen LogP contribution in [0.25, 0.3) is 0 Å². The molecular weight excluding hydrogens is 284 g/mol. The number of aliphatic hydroxyl groups is 1. The van der Waals surface area contributed by atoms with Crippen molar-refractivity contribution in [3.05, 3.63) is 33.9 Å². The Labute approximate surface area is 130 Å². The number of hydrogen-bond acceptors (Lipinski definition) is 5. The van der Waals surface area contributed by atoms with Gasteiger partial charge in [0.05, 0.1) is 12.0 Å². The fourth-order valence-electron chi connectivity index (χ4n) is 3.11. The van der Waals surface area contributed by atoms with E-state index in [1.54, 1.807) is 12.1 Å². The van der Waals surface area contributed by atoms with Crippen molar-refractivity contribution in [2.75, 3.05) is 13.7 Å². The monoisotopic (exact) mass is 308 g/mol. The molecule has 0 radical (unpaired) electrons. The van der Waals surface area contributed by atoms with Crippen LogP contribution >= 0.6 is 0 Å². The third kappa shape index (κ3) is 4.18. The molecule has 6 heteroatoms. The third-order valence-corrected chi connectivity index (χ3v) is 4.40. The number of methoxy groups -OCH3 is 1. The van der Waals surface area contributed by atoms with Crippen molar-refractivity contribution in [1.82, 2.24) is 5.32 Å². The minimum Gasteiger partial charge on any atom is -0.490 e. The van der Waals surface area contributed by atoms with Crippen LogP contribution in [0.3, 0.4) is 0 Å². The van der Waals surface area contributed by atoms with Crippen LogP contribution < -0.4 is 10.1 Å². The lowest BCUT2D eigenvalue weighted by atomic mass is 9.95. The van der Waals surface area contributed by atoms with Crippen molar-refractivity contribution in [2.24, 2.45) is 5.92 Å². The lowest BCUT2D eigenvalue weighted by Gasteiger charge is -2.24. The first kappa shape index (κ1) is 16.7. The maximum atomic E-state index is 11.1. The van der Waals surface area contributed by atoms with Crippen LogP contribution in [0.4, 0.5) is 5.69 Å². The van der Waals surface area contributed by atoms with Gasteiger partial charge in [-0.15, -0.1) is 0 Å². The Kier molecular flexibility index (Phi) is 6.15. The van der Waals surface area contributed by atoms with Gasteiger partial charge in [-0.2, -0.15) is 0 Å². The quantitative estimate of drug-likeness (QED) is 0.479. The molecule has 1 saturated carbocycles. The van der Waals surface area contributed by atoms with Crippen molar-refractivity contribution < 1.29 is 14.8 Å². The average Bonchev–Trinajstić information content (AvgIpc) is 2.77. The second-order valence-corrected chi connectivity index (χ2v) is 5.83. The van der Waals surface area contributed by atoms with Crippen LogP contribution in [-0.4, -0.2) is 29.8 Å². The van der Waals surface area contributed by atoms with Gasteiger partial charge in [-0.1, -0.05) is 25.3 Å². The summed E-state index contributed by atoms with van der Waals surface area (Å²) in [4.78, 5) is 10.6. The molecule has 6 nitrogen and oxygen atoms in total. The Morgan fingerprint density at radius 2 is 2.14 bits per heavy atom. The molecule has 22 heavy (non-hydrogen) atoms. The normalized spacial score (nSPS) is 22.1. The Morgan fingerprint density at radius 1 is 1.36 bits per heavy atom. The maximum absolute atomic E-state index is 11.1. The molecular formula is C16H24N2O4. The molecule has 0 heterocycles. The summed E-state index contributed by atoms with van der Waals surface area (Å²) in [5.74, 6) is 0.548. The molecule has 1 fully saturated rings. The van der Waals surface area contributed by atoms with E-state index in [1.165, 1.54) is 13.5 Å². The Balaban J connectivity index is 2.03. The third-order valence-electron chi connectivity index (χ3n) is 4.40. The van der Waals surface area contributed by atoms with E-state index in [2.05, 4.69) is 5.32 Å². The summed E-state index contributed by atoms with van der Waals surface area (Å²) in [7, 11) is 1.43. The minimum atomic E-state index is -0.426. The van der Waals surface area contributed by atoms with Crippen LogP contribution in [0.2, 0.25) is 0 Å². The van der Waals surface area contributed by atoms with Crippen molar-refractivity contribution >= 4 is 5.69 Å². The molecule has 122 valence electrons. The number of aliphatic hydroxyl groups excluding tert-OH is 1. The molecule has 0 spiro atoms. The molecule has 2 unspecified atom stereocenters. The lowest BCUT2D eigenvalue weighted by molar-refractivity contribution is -0.385. The molecule has 2 atom stereocenters. The molecule has 1 aromatic rings. The van der Waals surface area contributed by atoms with E-state index in [0.29, 0.717) is 6.54 Å². The smallest absolute Gasteiger partial charge is 0.311 e. The molecule has 0 saturated heterocycles. The number of benzene rings is 1. The van der Waals surface area contributed by atoms with E-state index in [-0.39, 0.29) is 30.0 Å². The van der Waals surface area contributed by atoms with Crippen molar-refractivity contribution in [1.29, 1.82) is 0 Å². The molecule has 1 aromatic carbocycles. The molecule has 0 aromatic heterocycles. The van der Waals surface area contributed by atoms with Crippen molar-refractivity contribution in [2.45, 2.75) is 44.7 Å². The summed E-state index contributed by atoms with van der Waals surface area (Å²) < 4.78 is 5.01. The van der Waals surface area contributed by atoms with Crippen LogP contribution in [-0.2, 0) is 6.54 Å². The standard InChI is InChI=1S/C16H24N2O4/c1-22-16-8-7-12(9-15(16)18(20)21)10-17-14-6-4-2-3-5-13(14)11-19/h7-9,13-14,17,19H,2-6,10-11H2,1H3. The molecule has 0 amide bonds. The predicted molar refractivity (Wildman–Crippen MR) is 83.9 cm³/mol. The largest absolute Gasteiger partial charge is 0.490 e. The molecule has 1 aliphatic rings. The number of nitrogens with zero attached hydrogens (tertiary/aromatic N) is 1. The highest BCUT2D eigenvalue weighted by atomic mass is 16.6. The van der Waals surface area contributed by atoms with Crippen LogP contribution in [0.1, 0.15) is 37.7 Å². The first-order valence-corrected chi connectivity index (χ1v) is 7.81. The van der Waals surface area contributed by atoms with Gasteiger partial charge in [0, 0.05) is 25.3 Å². The Morgan fingerprint density at radius 3 is 2.82 bits per heavy atom. The average molecular weight is 308 g/mol. The zero-order chi connectivity index (χ0) is 15.9. The number of nitro groups is 1. The lowest BCUT2D eigenvalue weighted by Crippen LogP contribution is -2.36. The summed E-state index contributed by atoms with van der Waals surface area (Å²) >= 11 is 0. The zero-order valence-corrected chi connectivity index (χ0v) is 13.0. The second-order valence-electron chi connectivity index (χ2n) is 5.83. The summed E-state index contributed by atoms with van der Waals surface area (Å²) in [5, 5.41) is 24.0. The van der Waals surface area contributed by atoms with Gasteiger partial charge in [0.2, 0.25) is 0 Å². The Bertz CT molecular complexity index is 507. The minimum absolute atomic E-state index is 0.0126. The summed E-state index contributed by atoms with van der Waals surface area (Å²) in [6.45, 7) is 0.756. The number of hydrogen-bond donors (Lipinski definition) is 2. The van der Waals surface area contributed by atoms with Gasteiger partial charge in [0.25, 0.3) is 0 Å². The van der Waals surface area contributed by atoms with E-state index in [1.807, 2.05) is 6.07 Å². The van der Waals surface area contributed by atoms with Gasteiger partial charge in [0.15, 0.2) is 5.75 Å². The van der Waals surface area contributed by atoms with Crippen molar-refractivity contribution in [3.63, 3.8) is 0 Å². The number of nitrogens with one attached hydrogen (secondary N) is 1. The second kappa shape index (κ2) is 8.10. The van der Waals surface area contributed by atoms with Crippen molar-refractivity contribution in [3.8, 4) is 5.75 Å². The van der Waals surface area contributed by atoms with E-state index in [9.17, 15) is 15.2 Å². The highest BCUT2D eigenvalue weighted by Gasteiger charge is 2.23. The number of nitro benzene ring substituents is 1.